The average Bonchev–Trinajstić information content (AvgIpc) is 2.78. The fraction of sp³-hybridized carbons (Fsp3) is 0.952. The average molecular weight is 305 g/mol. The molecule has 0 heterocycles. The summed E-state index contributed by atoms with van der Waals surface area (Å²) in [5.74, 6) is 4.66. The van der Waals surface area contributed by atoms with Gasteiger partial charge in [-0.05, 0) is 72.5 Å². The highest BCUT2D eigenvalue weighted by atomic mass is 16.1. The van der Waals surface area contributed by atoms with Crippen LogP contribution in [0.3, 0.4) is 0 Å². The van der Waals surface area contributed by atoms with E-state index in [1.165, 1.54) is 32.1 Å². The van der Waals surface area contributed by atoms with Crippen molar-refractivity contribution in [1.82, 2.24) is 0 Å². The Morgan fingerprint density at radius 2 is 1.68 bits per heavy atom. The first-order valence-corrected chi connectivity index (χ1v) is 9.84. The van der Waals surface area contributed by atoms with E-state index in [0.29, 0.717) is 22.5 Å². The number of carbonyl (C=O) groups is 1. The zero-order valence-corrected chi connectivity index (χ0v) is 15.5. The highest BCUT2D eigenvalue weighted by Gasteiger charge is 2.55. The third kappa shape index (κ3) is 2.29. The van der Waals surface area contributed by atoms with Gasteiger partial charge in [-0.15, -0.1) is 0 Å². The summed E-state index contributed by atoms with van der Waals surface area (Å²) in [7, 11) is 0. The summed E-state index contributed by atoms with van der Waals surface area (Å²) < 4.78 is 0. The van der Waals surface area contributed by atoms with Crippen molar-refractivity contribution in [3.8, 4) is 0 Å². The lowest BCUT2D eigenvalue weighted by Gasteiger charge is -2.56. The normalized spacial score (nSPS) is 52.6. The van der Waals surface area contributed by atoms with Gasteiger partial charge < -0.3 is 0 Å². The largest absolute Gasteiger partial charge is 0.300 e. The van der Waals surface area contributed by atoms with E-state index >= 15 is 0 Å². The molecule has 7 unspecified atom stereocenters. The van der Waals surface area contributed by atoms with Gasteiger partial charge in [0, 0.05) is 12.8 Å². The topological polar surface area (TPSA) is 17.1 Å². The summed E-state index contributed by atoms with van der Waals surface area (Å²) in [6, 6.07) is 0. The number of rotatable bonds is 2. The second-order valence-electron chi connectivity index (χ2n) is 9.45. The van der Waals surface area contributed by atoms with Gasteiger partial charge in [0.1, 0.15) is 5.78 Å². The first-order chi connectivity index (χ1) is 10.3. The molecule has 0 radical (unpaired) electrons. The van der Waals surface area contributed by atoms with Crippen LogP contribution in [0.2, 0.25) is 0 Å². The molecule has 3 saturated carbocycles. The molecule has 0 amide bonds. The molecule has 0 aromatic rings. The van der Waals surface area contributed by atoms with E-state index in [4.69, 9.17) is 0 Å². The lowest BCUT2D eigenvalue weighted by Crippen LogP contribution is -2.49. The van der Waals surface area contributed by atoms with E-state index in [1.54, 1.807) is 0 Å². The molecule has 0 spiro atoms. The van der Waals surface area contributed by atoms with Crippen LogP contribution >= 0.6 is 0 Å². The van der Waals surface area contributed by atoms with Crippen LogP contribution in [0.4, 0.5) is 0 Å². The van der Waals surface area contributed by atoms with Crippen molar-refractivity contribution in [1.29, 1.82) is 0 Å². The fourth-order valence-electron chi connectivity index (χ4n) is 7.01. The zero-order chi connectivity index (χ0) is 16.1. The molecule has 3 fully saturated rings. The molecule has 3 aliphatic rings. The molecule has 3 aliphatic carbocycles. The standard InChI is InChI=1S/C21H36O/c1-6-16-13-17(22)9-11-21(16,5)19-10-12-20(4)14(2)7-8-18(20)15(19)3/h14-16,18-19H,6-13H2,1-5H3. The summed E-state index contributed by atoms with van der Waals surface area (Å²) >= 11 is 0. The number of fused-ring (bicyclic) bond motifs is 1. The number of carbonyl (C=O) groups excluding carboxylic acids is 1. The van der Waals surface area contributed by atoms with Gasteiger partial charge in [-0.3, -0.25) is 4.79 Å². The molecule has 1 nitrogen and oxygen atoms in total. The van der Waals surface area contributed by atoms with Crippen molar-refractivity contribution in [2.45, 2.75) is 86.0 Å². The van der Waals surface area contributed by atoms with Crippen molar-refractivity contribution in [3.63, 3.8) is 0 Å². The van der Waals surface area contributed by atoms with Crippen LogP contribution in [-0.4, -0.2) is 5.78 Å². The van der Waals surface area contributed by atoms with Crippen LogP contribution in [0.5, 0.6) is 0 Å². The molecule has 0 aromatic heterocycles. The summed E-state index contributed by atoms with van der Waals surface area (Å²) in [6.07, 6.45) is 9.74. The maximum atomic E-state index is 12.0. The summed E-state index contributed by atoms with van der Waals surface area (Å²) in [6.45, 7) is 12.5. The Morgan fingerprint density at radius 1 is 1.00 bits per heavy atom. The number of hydrogen-bond acceptors (Lipinski definition) is 1. The molecule has 0 aromatic carbocycles. The van der Waals surface area contributed by atoms with E-state index in [9.17, 15) is 4.79 Å². The molecule has 0 saturated heterocycles. The Bertz CT molecular complexity index is 441. The van der Waals surface area contributed by atoms with Gasteiger partial charge >= 0.3 is 0 Å². The Balaban J connectivity index is 1.84. The predicted octanol–water partition coefficient (Wildman–Crippen LogP) is 5.87. The van der Waals surface area contributed by atoms with E-state index in [2.05, 4.69) is 34.6 Å². The first kappa shape index (κ1) is 16.5. The van der Waals surface area contributed by atoms with Gasteiger partial charge in [0.05, 0.1) is 0 Å². The van der Waals surface area contributed by atoms with Crippen molar-refractivity contribution in [3.05, 3.63) is 0 Å². The smallest absolute Gasteiger partial charge is 0.133 e. The Labute approximate surface area is 137 Å². The monoisotopic (exact) mass is 304 g/mol. The van der Waals surface area contributed by atoms with E-state index in [-0.39, 0.29) is 0 Å². The Kier molecular flexibility index (Phi) is 4.23. The molecule has 0 bridgehead atoms. The van der Waals surface area contributed by atoms with Crippen LogP contribution in [0, 0.1) is 40.4 Å². The SMILES string of the molecule is CCC1CC(=O)CCC1(C)C1CCC2(C)C(C)CCC2C1C. The van der Waals surface area contributed by atoms with E-state index in [0.717, 1.165) is 42.9 Å². The lowest BCUT2D eigenvalue weighted by atomic mass is 9.49. The quantitative estimate of drug-likeness (QED) is 0.623. The minimum absolute atomic E-state index is 0.412. The van der Waals surface area contributed by atoms with Crippen molar-refractivity contribution >= 4 is 5.78 Å². The molecule has 0 N–H and O–H groups in total. The van der Waals surface area contributed by atoms with Gasteiger partial charge in [0.25, 0.3) is 0 Å². The zero-order valence-electron chi connectivity index (χ0n) is 15.5. The van der Waals surface area contributed by atoms with Crippen molar-refractivity contribution in [2.75, 3.05) is 0 Å². The third-order valence-electron chi connectivity index (χ3n) is 8.84. The minimum Gasteiger partial charge on any atom is -0.300 e. The van der Waals surface area contributed by atoms with Crippen LogP contribution in [-0.2, 0) is 4.79 Å². The lowest BCUT2D eigenvalue weighted by molar-refractivity contribution is -0.130. The van der Waals surface area contributed by atoms with Crippen LogP contribution in [0.15, 0.2) is 0 Å². The van der Waals surface area contributed by atoms with Gasteiger partial charge in [-0.1, -0.05) is 41.0 Å². The van der Waals surface area contributed by atoms with Crippen LogP contribution in [0.1, 0.15) is 86.0 Å². The van der Waals surface area contributed by atoms with Gasteiger partial charge in [-0.2, -0.15) is 0 Å². The molecule has 22 heavy (non-hydrogen) atoms. The molecule has 0 aliphatic heterocycles. The number of Topliss-reactive ketones (excluding diaryl/α,β-unsaturated/α-hetero) is 1. The highest BCUT2D eigenvalue weighted by Crippen LogP contribution is 2.63. The van der Waals surface area contributed by atoms with E-state index < -0.39 is 0 Å². The summed E-state index contributed by atoms with van der Waals surface area (Å²) in [5, 5.41) is 0. The molecule has 3 rings (SSSR count). The summed E-state index contributed by atoms with van der Waals surface area (Å²) in [4.78, 5) is 12.0. The van der Waals surface area contributed by atoms with Crippen LogP contribution in [0.25, 0.3) is 0 Å². The van der Waals surface area contributed by atoms with Gasteiger partial charge in [-0.25, -0.2) is 0 Å². The Morgan fingerprint density at radius 3 is 2.36 bits per heavy atom. The van der Waals surface area contributed by atoms with Crippen molar-refractivity contribution < 1.29 is 4.79 Å². The molecule has 126 valence electrons. The second kappa shape index (κ2) is 5.64. The van der Waals surface area contributed by atoms with Crippen LogP contribution < -0.4 is 0 Å². The third-order valence-corrected chi connectivity index (χ3v) is 8.84. The predicted molar refractivity (Wildman–Crippen MR) is 92.6 cm³/mol. The minimum atomic E-state index is 0.412. The second-order valence-corrected chi connectivity index (χ2v) is 9.45. The molecule has 7 atom stereocenters. The van der Waals surface area contributed by atoms with Gasteiger partial charge in [0.2, 0.25) is 0 Å². The van der Waals surface area contributed by atoms with E-state index in [1.807, 2.05) is 0 Å². The fourth-order valence-corrected chi connectivity index (χ4v) is 7.01. The Hall–Kier alpha value is -0.330. The summed E-state index contributed by atoms with van der Waals surface area (Å²) in [5.41, 5.74) is 1.01. The molecular weight excluding hydrogens is 268 g/mol. The maximum Gasteiger partial charge on any atom is 0.133 e. The first-order valence-electron chi connectivity index (χ1n) is 9.84. The molecular formula is C21H36O. The number of ketones is 1. The molecule has 1 heteroatoms. The van der Waals surface area contributed by atoms with Gasteiger partial charge in [0.15, 0.2) is 0 Å². The van der Waals surface area contributed by atoms with Crippen molar-refractivity contribution in [2.24, 2.45) is 40.4 Å². The maximum absolute atomic E-state index is 12.0. The highest BCUT2D eigenvalue weighted by molar-refractivity contribution is 5.79. The number of hydrogen-bond donors (Lipinski definition) is 0.